The Morgan fingerprint density at radius 1 is 1.38 bits per heavy atom. The van der Waals surface area contributed by atoms with Gasteiger partial charge in [0.05, 0.1) is 0 Å². The quantitative estimate of drug-likeness (QED) is 0.356. The van der Waals surface area contributed by atoms with E-state index in [0.29, 0.717) is 31.0 Å². The average molecular weight is 511 g/mol. The summed E-state index contributed by atoms with van der Waals surface area (Å²) in [6.07, 6.45) is 2.07. The van der Waals surface area contributed by atoms with Gasteiger partial charge in [-0.2, -0.15) is 5.10 Å². The first-order valence-electron chi connectivity index (χ1n) is 7.39. The fraction of sp³-hybridized carbons (Fsp3) is 0.400. The number of hydrogen-bond donors (Lipinski definition) is 2. The molecular formula is C15H21BrFIN6. The molecule has 2 rings (SSSR count). The largest absolute Gasteiger partial charge is 0.357 e. The van der Waals surface area contributed by atoms with Crippen LogP contribution in [0.3, 0.4) is 0 Å². The standard InChI is InChI=1S/C15H20BrFN6.HI/c1-3-18-15(20-9-14-21-10-22-23(14)2)19-7-6-11-8-12(16)4-5-13(11)17;/h4-5,8,10H,3,6-7,9H2,1-2H3,(H2,18,19,20);1H. The van der Waals surface area contributed by atoms with Crippen LogP contribution in [0.15, 0.2) is 34.0 Å². The highest BCUT2D eigenvalue weighted by Gasteiger charge is 2.04. The van der Waals surface area contributed by atoms with Crippen LogP contribution in [-0.4, -0.2) is 33.8 Å². The Morgan fingerprint density at radius 2 is 2.17 bits per heavy atom. The maximum absolute atomic E-state index is 13.7. The molecular weight excluding hydrogens is 490 g/mol. The van der Waals surface area contributed by atoms with Gasteiger partial charge in [-0.3, -0.25) is 4.68 Å². The lowest BCUT2D eigenvalue weighted by molar-refractivity contribution is 0.606. The number of nitrogens with one attached hydrogen (secondary N) is 2. The summed E-state index contributed by atoms with van der Waals surface area (Å²) < 4.78 is 16.3. The molecule has 0 aliphatic rings. The molecule has 0 unspecified atom stereocenters. The van der Waals surface area contributed by atoms with E-state index >= 15 is 0 Å². The molecule has 0 amide bonds. The van der Waals surface area contributed by atoms with Gasteiger partial charge in [0.15, 0.2) is 5.96 Å². The zero-order chi connectivity index (χ0) is 16.7. The van der Waals surface area contributed by atoms with Crippen LogP contribution in [0.1, 0.15) is 18.3 Å². The second-order valence-corrected chi connectivity index (χ2v) is 5.82. The normalized spacial score (nSPS) is 11.1. The second kappa shape index (κ2) is 10.6. The molecule has 0 radical (unpaired) electrons. The Hall–Kier alpha value is -1.23. The minimum atomic E-state index is -0.198. The first-order chi connectivity index (χ1) is 11.1. The summed E-state index contributed by atoms with van der Waals surface area (Å²) in [5.41, 5.74) is 0.663. The molecule has 0 aliphatic carbocycles. The fourth-order valence-electron chi connectivity index (χ4n) is 2.01. The van der Waals surface area contributed by atoms with Gasteiger partial charge in [-0.25, -0.2) is 14.4 Å². The summed E-state index contributed by atoms with van der Waals surface area (Å²) >= 11 is 3.36. The topological polar surface area (TPSA) is 67.1 Å². The summed E-state index contributed by atoms with van der Waals surface area (Å²) in [5.74, 6) is 1.25. The summed E-state index contributed by atoms with van der Waals surface area (Å²) in [7, 11) is 1.83. The van der Waals surface area contributed by atoms with Crippen LogP contribution in [0.2, 0.25) is 0 Å². The molecule has 0 saturated carbocycles. The Balaban J connectivity index is 0.00000288. The molecule has 0 spiro atoms. The van der Waals surface area contributed by atoms with Crippen LogP contribution < -0.4 is 10.6 Å². The fourth-order valence-corrected chi connectivity index (χ4v) is 2.41. The minimum Gasteiger partial charge on any atom is -0.357 e. The molecule has 24 heavy (non-hydrogen) atoms. The zero-order valence-corrected chi connectivity index (χ0v) is 17.5. The molecule has 0 saturated heterocycles. The highest BCUT2D eigenvalue weighted by Crippen LogP contribution is 2.15. The number of aryl methyl sites for hydroxylation is 1. The van der Waals surface area contributed by atoms with Crippen LogP contribution in [-0.2, 0) is 20.0 Å². The van der Waals surface area contributed by atoms with E-state index in [1.165, 1.54) is 12.4 Å². The maximum Gasteiger partial charge on any atom is 0.191 e. The summed E-state index contributed by atoms with van der Waals surface area (Å²) in [5, 5.41) is 10.4. The van der Waals surface area contributed by atoms with Crippen molar-refractivity contribution in [2.45, 2.75) is 19.9 Å². The van der Waals surface area contributed by atoms with Gasteiger partial charge in [0.2, 0.25) is 0 Å². The highest BCUT2D eigenvalue weighted by molar-refractivity contribution is 14.0. The van der Waals surface area contributed by atoms with Crippen molar-refractivity contribution in [3.63, 3.8) is 0 Å². The van der Waals surface area contributed by atoms with Gasteiger partial charge in [-0.15, -0.1) is 24.0 Å². The van der Waals surface area contributed by atoms with E-state index < -0.39 is 0 Å². The summed E-state index contributed by atoms with van der Waals surface area (Å²) in [4.78, 5) is 8.59. The van der Waals surface area contributed by atoms with E-state index in [1.54, 1.807) is 16.8 Å². The lowest BCUT2D eigenvalue weighted by Gasteiger charge is -2.11. The van der Waals surface area contributed by atoms with Crippen LogP contribution in [0.25, 0.3) is 0 Å². The highest BCUT2D eigenvalue weighted by atomic mass is 127. The van der Waals surface area contributed by atoms with Crippen LogP contribution >= 0.6 is 39.9 Å². The smallest absolute Gasteiger partial charge is 0.191 e. The van der Waals surface area contributed by atoms with Gasteiger partial charge in [-0.1, -0.05) is 15.9 Å². The van der Waals surface area contributed by atoms with Gasteiger partial charge in [0.1, 0.15) is 24.5 Å². The third-order valence-electron chi connectivity index (χ3n) is 3.22. The Bertz CT molecular complexity index is 676. The number of halogens is 3. The molecule has 0 bridgehead atoms. The van der Waals surface area contributed by atoms with Gasteiger partial charge in [0.25, 0.3) is 0 Å². The maximum atomic E-state index is 13.7. The number of aromatic nitrogens is 3. The van der Waals surface area contributed by atoms with E-state index in [0.717, 1.165) is 16.8 Å². The number of benzene rings is 1. The summed E-state index contributed by atoms with van der Waals surface area (Å²) in [6.45, 7) is 3.75. The second-order valence-electron chi connectivity index (χ2n) is 4.91. The van der Waals surface area contributed by atoms with E-state index in [4.69, 9.17) is 0 Å². The van der Waals surface area contributed by atoms with Crippen LogP contribution in [0.5, 0.6) is 0 Å². The molecule has 132 valence electrons. The van der Waals surface area contributed by atoms with Crippen molar-refractivity contribution >= 4 is 45.9 Å². The monoisotopic (exact) mass is 510 g/mol. The Labute approximate surface area is 166 Å². The number of nitrogens with zero attached hydrogens (tertiary/aromatic N) is 4. The van der Waals surface area contributed by atoms with E-state index in [2.05, 4.69) is 41.6 Å². The van der Waals surface area contributed by atoms with Gasteiger partial charge in [0, 0.05) is 24.6 Å². The van der Waals surface area contributed by atoms with Gasteiger partial charge in [-0.05, 0) is 37.1 Å². The lowest BCUT2D eigenvalue weighted by atomic mass is 10.1. The van der Waals surface area contributed by atoms with E-state index in [-0.39, 0.29) is 29.8 Å². The molecule has 0 atom stereocenters. The van der Waals surface area contributed by atoms with Crippen molar-refractivity contribution in [3.05, 3.63) is 46.2 Å². The molecule has 2 N–H and O–H groups in total. The molecule has 0 aliphatic heterocycles. The number of hydrogen-bond acceptors (Lipinski definition) is 3. The Morgan fingerprint density at radius 3 is 2.83 bits per heavy atom. The Kier molecular flexibility index (Phi) is 9.19. The van der Waals surface area contributed by atoms with Gasteiger partial charge < -0.3 is 10.6 Å². The van der Waals surface area contributed by atoms with Gasteiger partial charge >= 0.3 is 0 Å². The molecule has 6 nitrogen and oxygen atoms in total. The van der Waals surface area contributed by atoms with E-state index in [1.807, 2.05) is 14.0 Å². The predicted octanol–water partition coefficient (Wildman–Crippen LogP) is 2.63. The third kappa shape index (κ3) is 6.34. The molecule has 1 aromatic heterocycles. The molecule has 9 heteroatoms. The SMILES string of the molecule is CCNC(=NCc1ncnn1C)NCCc1cc(Br)ccc1F.I. The predicted molar refractivity (Wildman–Crippen MR) is 107 cm³/mol. The molecule has 1 heterocycles. The molecule has 0 fully saturated rings. The van der Waals surface area contributed by atoms with Crippen molar-refractivity contribution in [2.75, 3.05) is 13.1 Å². The minimum absolute atomic E-state index is 0. The molecule has 2 aromatic rings. The van der Waals surface area contributed by atoms with E-state index in [9.17, 15) is 4.39 Å². The van der Waals surface area contributed by atoms with Crippen molar-refractivity contribution in [2.24, 2.45) is 12.0 Å². The molecule has 1 aromatic carbocycles. The van der Waals surface area contributed by atoms with Crippen molar-refractivity contribution < 1.29 is 4.39 Å². The zero-order valence-electron chi connectivity index (χ0n) is 13.6. The number of rotatable bonds is 6. The van der Waals surface area contributed by atoms with Crippen molar-refractivity contribution in [1.82, 2.24) is 25.4 Å². The first-order valence-corrected chi connectivity index (χ1v) is 8.18. The summed E-state index contributed by atoms with van der Waals surface area (Å²) in [6, 6.07) is 4.95. The van der Waals surface area contributed by atoms with Crippen molar-refractivity contribution in [3.8, 4) is 0 Å². The number of aliphatic imine (C=N–C) groups is 1. The van der Waals surface area contributed by atoms with Crippen molar-refractivity contribution in [1.29, 1.82) is 0 Å². The number of guanidine groups is 1. The first kappa shape index (κ1) is 20.8. The third-order valence-corrected chi connectivity index (χ3v) is 3.72. The van der Waals surface area contributed by atoms with Crippen LogP contribution in [0.4, 0.5) is 4.39 Å². The average Bonchev–Trinajstić information content (AvgIpc) is 2.93. The lowest BCUT2D eigenvalue weighted by Crippen LogP contribution is -2.38. The van der Waals surface area contributed by atoms with Crippen LogP contribution in [0, 0.1) is 5.82 Å².